The minimum atomic E-state index is 0.591. The number of likely N-dealkylation sites (N-methyl/N-ethyl adjacent to an activating group) is 1. The third-order valence-corrected chi connectivity index (χ3v) is 4.01. The maximum absolute atomic E-state index is 4.78. The first-order chi connectivity index (χ1) is 8.83. The predicted molar refractivity (Wildman–Crippen MR) is 74.7 cm³/mol. The molecule has 0 aliphatic heterocycles. The zero-order chi connectivity index (χ0) is 12.5. The molecule has 1 fully saturated rings. The predicted octanol–water partition coefficient (Wildman–Crippen LogP) is 2.60. The van der Waals surface area contributed by atoms with Gasteiger partial charge in [0.15, 0.2) is 0 Å². The summed E-state index contributed by atoms with van der Waals surface area (Å²) in [4.78, 5) is 0. The topological polar surface area (TPSA) is 29.9 Å². The van der Waals surface area contributed by atoms with Gasteiger partial charge >= 0.3 is 0 Å². The number of fused-ring (bicyclic) bond motifs is 1. The summed E-state index contributed by atoms with van der Waals surface area (Å²) in [6.45, 7) is 3.09. The van der Waals surface area contributed by atoms with Crippen molar-refractivity contribution in [3.05, 3.63) is 30.0 Å². The SMILES string of the molecule is CCn1nc(CC(NC)C2CC2)c2ccccc21. The molecule has 1 atom stereocenters. The van der Waals surface area contributed by atoms with Crippen LogP contribution in [-0.2, 0) is 13.0 Å². The zero-order valence-corrected chi connectivity index (χ0v) is 11.2. The molecule has 1 N–H and O–H groups in total. The van der Waals surface area contributed by atoms with Crippen molar-refractivity contribution >= 4 is 10.9 Å². The molecular weight excluding hydrogens is 222 g/mol. The number of aryl methyl sites for hydroxylation is 1. The van der Waals surface area contributed by atoms with Crippen LogP contribution in [0.25, 0.3) is 10.9 Å². The van der Waals surface area contributed by atoms with Crippen LogP contribution in [0.1, 0.15) is 25.5 Å². The van der Waals surface area contributed by atoms with Gasteiger partial charge in [-0.25, -0.2) is 0 Å². The summed E-state index contributed by atoms with van der Waals surface area (Å²) in [7, 11) is 2.07. The van der Waals surface area contributed by atoms with Crippen molar-refractivity contribution in [2.24, 2.45) is 5.92 Å². The van der Waals surface area contributed by atoms with E-state index in [2.05, 4.69) is 48.2 Å². The van der Waals surface area contributed by atoms with Crippen LogP contribution in [-0.4, -0.2) is 22.9 Å². The molecule has 1 unspecified atom stereocenters. The van der Waals surface area contributed by atoms with E-state index in [-0.39, 0.29) is 0 Å². The van der Waals surface area contributed by atoms with E-state index in [1.54, 1.807) is 0 Å². The van der Waals surface area contributed by atoms with Crippen molar-refractivity contribution in [1.82, 2.24) is 15.1 Å². The molecule has 3 rings (SSSR count). The van der Waals surface area contributed by atoms with Crippen molar-refractivity contribution in [3.63, 3.8) is 0 Å². The van der Waals surface area contributed by atoms with Crippen LogP contribution in [0.5, 0.6) is 0 Å². The van der Waals surface area contributed by atoms with Crippen molar-refractivity contribution < 1.29 is 0 Å². The first-order valence-electron chi connectivity index (χ1n) is 6.95. The molecule has 1 saturated carbocycles. The first kappa shape index (κ1) is 11.7. The fourth-order valence-corrected chi connectivity index (χ4v) is 2.80. The Balaban J connectivity index is 1.95. The first-order valence-corrected chi connectivity index (χ1v) is 6.95. The molecule has 3 heteroatoms. The summed E-state index contributed by atoms with van der Waals surface area (Å²) >= 11 is 0. The molecule has 1 aliphatic carbocycles. The van der Waals surface area contributed by atoms with Gasteiger partial charge in [-0.3, -0.25) is 4.68 Å². The van der Waals surface area contributed by atoms with Gasteiger partial charge in [-0.2, -0.15) is 5.10 Å². The summed E-state index contributed by atoms with van der Waals surface area (Å²) in [6, 6.07) is 9.16. The van der Waals surface area contributed by atoms with Gasteiger partial charge in [-0.15, -0.1) is 0 Å². The lowest BCUT2D eigenvalue weighted by atomic mass is 10.0. The van der Waals surface area contributed by atoms with Gasteiger partial charge in [-0.05, 0) is 38.8 Å². The number of para-hydroxylation sites is 1. The Bertz CT molecular complexity index is 540. The standard InChI is InChI=1S/C15H21N3/c1-3-18-15-7-5-4-6-12(15)14(17-18)10-13(16-2)11-8-9-11/h4-7,11,13,16H,3,8-10H2,1-2H3. The van der Waals surface area contributed by atoms with Crippen LogP contribution in [0.2, 0.25) is 0 Å². The van der Waals surface area contributed by atoms with Crippen LogP contribution >= 0.6 is 0 Å². The number of hydrogen-bond donors (Lipinski definition) is 1. The van der Waals surface area contributed by atoms with E-state index >= 15 is 0 Å². The highest BCUT2D eigenvalue weighted by Crippen LogP contribution is 2.34. The number of benzene rings is 1. The van der Waals surface area contributed by atoms with Crippen LogP contribution in [0.4, 0.5) is 0 Å². The van der Waals surface area contributed by atoms with Crippen molar-refractivity contribution in [2.75, 3.05) is 7.05 Å². The van der Waals surface area contributed by atoms with E-state index in [9.17, 15) is 0 Å². The molecule has 0 saturated heterocycles. The van der Waals surface area contributed by atoms with Crippen molar-refractivity contribution in [1.29, 1.82) is 0 Å². The number of nitrogens with one attached hydrogen (secondary N) is 1. The average molecular weight is 243 g/mol. The number of hydrogen-bond acceptors (Lipinski definition) is 2. The summed E-state index contributed by atoms with van der Waals surface area (Å²) in [6.07, 6.45) is 3.80. The summed E-state index contributed by atoms with van der Waals surface area (Å²) in [5.74, 6) is 0.862. The Morgan fingerprint density at radius 2 is 2.17 bits per heavy atom. The Hall–Kier alpha value is -1.35. The quantitative estimate of drug-likeness (QED) is 0.874. The third-order valence-electron chi connectivity index (χ3n) is 4.01. The van der Waals surface area contributed by atoms with E-state index in [0.29, 0.717) is 6.04 Å². The molecule has 96 valence electrons. The molecule has 0 radical (unpaired) electrons. The minimum absolute atomic E-state index is 0.591. The number of rotatable bonds is 5. The molecule has 3 nitrogen and oxygen atoms in total. The van der Waals surface area contributed by atoms with Crippen LogP contribution < -0.4 is 5.32 Å². The Morgan fingerprint density at radius 1 is 1.39 bits per heavy atom. The van der Waals surface area contributed by atoms with Gasteiger partial charge < -0.3 is 5.32 Å². The number of aromatic nitrogens is 2. The summed E-state index contributed by atoms with van der Waals surface area (Å²) in [5.41, 5.74) is 2.51. The lowest BCUT2D eigenvalue weighted by Gasteiger charge is -2.13. The number of nitrogens with zero attached hydrogens (tertiary/aromatic N) is 2. The maximum Gasteiger partial charge on any atom is 0.0718 e. The van der Waals surface area contributed by atoms with Gasteiger partial charge in [0.1, 0.15) is 0 Å². The molecule has 0 amide bonds. The highest BCUT2D eigenvalue weighted by molar-refractivity contribution is 5.82. The fraction of sp³-hybridized carbons (Fsp3) is 0.533. The van der Waals surface area contributed by atoms with E-state index in [1.165, 1.54) is 29.4 Å². The molecule has 1 aromatic heterocycles. The largest absolute Gasteiger partial charge is 0.316 e. The van der Waals surface area contributed by atoms with E-state index in [0.717, 1.165) is 18.9 Å². The molecule has 0 bridgehead atoms. The maximum atomic E-state index is 4.78. The van der Waals surface area contributed by atoms with Gasteiger partial charge in [-0.1, -0.05) is 18.2 Å². The monoisotopic (exact) mass is 243 g/mol. The molecular formula is C15H21N3. The second kappa shape index (κ2) is 4.73. The average Bonchev–Trinajstić information content (AvgIpc) is 3.19. The highest BCUT2D eigenvalue weighted by Gasteiger charge is 2.31. The van der Waals surface area contributed by atoms with Gasteiger partial charge in [0.2, 0.25) is 0 Å². The van der Waals surface area contributed by atoms with Crippen molar-refractivity contribution in [3.8, 4) is 0 Å². The van der Waals surface area contributed by atoms with Crippen molar-refractivity contribution in [2.45, 2.75) is 38.8 Å². The lowest BCUT2D eigenvalue weighted by molar-refractivity contribution is 0.492. The Labute approximate surface area is 108 Å². The van der Waals surface area contributed by atoms with Crippen LogP contribution in [0.15, 0.2) is 24.3 Å². The van der Waals surface area contributed by atoms with E-state index < -0.39 is 0 Å². The molecule has 2 aromatic rings. The molecule has 1 aliphatic rings. The van der Waals surface area contributed by atoms with E-state index in [1.807, 2.05) is 0 Å². The molecule has 1 aromatic carbocycles. The zero-order valence-electron chi connectivity index (χ0n) is 11.2. The minimum Gasteiger partial charge on any atom is -0.316 e. The normalized spacial score (nSPS) is 17.2. The second-order valence-corrected chi connectivity index (χ2v) is 5.22. The van der Waals surface area contributed by atoms with E-state index in [4.69, 9.17) is 5.10 Å². The molecule has 18 heavy (non-hydrogen) atoms. The Kier molecular flexibility index (Phi) is 3.08. The smallest absolute Gasteiger partial charge is 0.0718 e. The van der Waals surface area contributed by atoms with Crippen LogP contribution in [0, 0.1) is 5.92 Å². The fourth-order valence-electron chi connectivity index (χ4n) is 2.80. The third kappa shape index (κ3) is 2.03. The Morgan fingerprint density at radius 3 is 2.83 bits per heavy atom. The second-order valence-electron chi connectivity index (χ2n) is 5.22. The molecule has 0 spiro atoms. The van der Waals surface area contributed by atoms with Gasteiger partial charge in [0.05, 0.1) is 11.2 Å². The lowest BCUT2D eigenvalue weighted by Crippen LogP contribution is -2.29. The van der Waals surface area contributed by atoms with Gasteiger partial charge in [0, 0.05) is 24.4 Å². The highest BCUT2D eigenvalue weighted by atomic mass is 15.3. The molecule has 1 heterocycles. The van der Waals surface area contributed by atoms with Gasteiger partial charge in [0.25, 0.3) is 0 Å². The van der Waals surface area contributed by atoms with Crippen LogP contribution in [0.3, 0.4) is 0 Å². The summed E-state index contributed by atoms with van der Waals surface area (Å²) in [5, 5.41) is 9.56. The summed E-state index contributed by atoms with van der Waals surface area (Å²) < 4.78 is 2.12.